The normalized spacial score (nSPS) is 10.2. The van der Waals surface area contributed by atoms with Gasteiger partial charge in [-0.15, -0.1) is 5.10 Å². The van der Waals surface area contributed by atoms with Gasteiger partial charge in [0.1, 0.15) is 12.2 Å². The number of carbonyl (C=O) groups excluding carboxylic acids is 1. The third-order valence-corrected chi connectivity index (χ3v) is 1.98. The number of methoxy groups -OCH3 is 1. The molecule has 1 N–H and O–H groups in total. The summed E-state index contributed by atoms with van der Waals surface area (Å²) >= 11 is 0. The predicted molar refractivity (Wildman–Crippen MR) is 53.1 cm³/mol. The van der Waals surface area contributed by atoms with Crippen molar-refractivity contribution in [2.45, 2.75) is 6.67 Å². The number of alkyl carbamates (subject to hydrolysis) is 1. The van der Waals surface area contributed by atoms with E-state index >= 15 is 0 Å². The Morgan fingerprint density at radius 3 is 3.13 bits per heavy atom. The van der Waals surface area contributed by atoms with Crippen LogP contribution < -0.4 is 5.32 Å². The molecule has 1 aromatic carbocycles. The number of carbonyl (C=O) groups is 1. The number of nitrogens with one attached hydrogen (secondary N) is 1. The van der Waals surface area contributed by atoms with Crippen LogP contribution in [0.5, 0.6) is 0 Å². The Hall–Kier alpha value is -2.11. The zero-order chi connectivity index (χ0) is 10.7. The molecule has 6 nitrogen and oxygen atoms in total. The number of fused-ring (bicyclic) bond motifs is 1. The number of para-hydroxylation sites is 1. The van der Waals surface area contributed by atoms with Gasteiger partial charge in [0.05, 0.1) is 12.6 Å². The van der Waals surface area contributed by atoms with Crippen LogP contribution in [-0.4, -0.2) is 28.2 Å². The summed E-state index contributed by atoms with van der Waals surface area (Å²) in [5, 5.41) is 10.4. The van der Waals surface area contributed by atoms with Crippen LogP contribution in [-0.2, 0) is 11.4 Å². The Morgan fingerprint density at radius 2 is 2.33 bits per heavy atom. The number of aromatic nitrogens is 3. The first kappa shape index (κ1) is 9.45. The molecule has 6 heteroatoms. The highest BCUT2D eigenvalue weighted by Gasteiger charge is 2.04. The molecule has 0 saturated carbocycles. The Balaban J connectivity index is 2.18. The van der Waals surface area contributed by atoms with Crippen molar-refractivity contribution in [3.05, 3.63) is 24.3 Å². The third kappa shape index (κ3) is 1.88. The van der Waals surface area contributed by atoms with E-state index < -0.39 is 6.09 Å². The number of rotatable bonds is 2. The molecular formula is C9H10N4O2. The number of hydrogen-bond donors (Lipinski definition) is 1. The molecule has 1 aromatic heterocycles. The van der Waals surface area contributed by atoms with E-state index in [1.165, 1.54) is 7.11 Å². The Bertz CT molecular complexity index is 480. The molecule has 1 amide bonds. The lowest BCUT2D eigenvalue weighted by Gasteiger charge is -2.03. The fourth-order valence-corrected chi connectivity index (χ4v) is 1.25. The molecule has 0 aliphatic carbocycles. The van der Waals surface area contributed by atoms with Crippen molar-refractivity contribution >= 4 is 17.1 Å². The van der Waals surface area contributed by atoms with Crippen LogP contribution in [0.15, 0.2) is 24.3 Å². The van der Waals surface area contributed by atoms with Gasteiger partial charge in [-0.3, -0.25) is 0 Å². The average molecular weight is 206 g/mol. The summed E-state index contributed by atoms with van der Waals surface area (Å²) in [5.41, 5.74) is 1.66. The summed E-state index contributed by atoms with van der Waals surface area (Å²) < 4.78 is 6.04. The van der Waals surface area contributed by atoms with Crippen LogP contribution >= 0.6 is 0 Å². The van der Waals surface area contributed by atoms with Crippen molar-refractivity contribution in [1.82, 2.24) is 20.3 Å². The Morgan fingerprint density at radius 1 is 1.53 bits per heavy atom. The highest BCUT2D eigenvalue weighted by molar-refractivity contribution is 5.74. The molecule has 0 aliphatic rings. The number of hydrogen-bond acceptors (Lipinski definition) is 4. The molecule has 2 aromatic rings. The standard InChI is InChI=1S/C9H10N4O2/c1-15-9(14)10-6-13-8-5-3-2-4-7(8)11-12-13/h2-5H,6H2,1H3,(H,10,14). The fraction of sp³-hybridized carbons (Fsp3) is 0.222. The summed E-state index contributed by atoms with van der Waals surface area (Å²) in [7, 11) is 1.31. The lowest BCUT2D eigenvalue weighted by Crippen LogP contribution is -2.26. The molecule has 0 unspecified atom stereocenters. The van der Waals surface area contributed by atoms with Gasteiger partial charge in [0.25, 0.3) is 0 Å². The van der Waals surface area contributed by atoms with Crippen molar-refractivity contribution < 1.29 is 9.53 Å². The first-order valence-corrected chi connectivity index (χ1v) is 4.41. The third-order valence-electron chi connectivity index (χ3n) is 1.98. The van der Waals surface area contributed by atoms with E-state index in [1.807, 2.05) is 24.3 Å². The first-order valence-electron chi connectivity index (χ1n) is 4.41. The van der Waals surface area contributed by atoms with Gasteiger partial charge in [0.2, 0.25) is 0 Å². The summed E-state index contributed by atoms with van der Waals surface area (Å²) in [5.74, 6) is 0. The molecular weight excluding hydrogens is 196 g/mol. The van der Waals surface area contributed by atoms with Gasteiger partial charge >= 0.3 is 6.09 Å². The minimum atomic E-state index is -0.491. The van der Waals surface area contributed by atoms with Gasteiger partial charge < -0.3 is 10.1 Å². The number of amides is 1. The van der Waals surface area contributed by atoms with Crippen LogP contribution in [0.3, 0.4) is 0 Å². The lowest BCUT2D eigenvalue weighted by molar-refractivity contribution is 0.167. The van der Waals surface area contributed by atoms with E-state index in [1.54, 1.807) is 4.68 Å². The summed E-state index contributed by atoms with van der Waals surface area (Å²) in [6, 6.07) is 7.51. The quantitative estimate of drug-likeness (QED) is 0.787. The molecule has 0 saturated heterocycles. The molecule has 0 atom stereocenters. The van der Waals surface area contributed by atoms with Crippen LogP contribution in [0.25, 0.3) is 11.0 Å². The maximum atomic E-state index is 10.8. The summed E-state index contributed by atoms with van der Waals surface area (Å²) in [6.07, 6.45) is -0.491. The average Bonchev–Trinajstić information content (AvgIpc) is 2.69. The highest BCUT2D eigenvalue weighted by atomic mass is 16.5. The maximum absolute atomic E-state index is 10.8. The molecule has 78 valence electrons. The van der Waals surface area contributed by atoms with Gasteiger partial charge in [-0.25, -0.2) is 9.48 Å². The molecule has 0 radical (unpaired) electrons. The summed E-state index contributed by atoms with van der Waals surface area (Å²) in [6.45, 7) is 0.243. The fourth-order valence-electron chi connectivity index (χ4n) is 1.25. The van der Waals surface area contributed by atoms with Crippen molar-refractivity contribution in [2.24, 2.45) is 0 Å². The molecule has 0 bridgehead atoms. The smallest absolute Gasteiger partial charge is 0.408 e. The lowest BCUT2D eigenvalue weighted by atomic mass is 10.3. The van der Waals surface area contributed by atoms with Crippen LogP contribution in [0, 0.1) is 0 Å². The van der Waals surface area contributed by atoms with Gasteiger partial charge in [-0.05, 0) is 12.1 Å². The van der Waals surface area contributed by atoms with Crippen LogP contribution in [0.2, 0.25) is 0 Å². The van der Waals surface area contributed by atoms with Gasteiger partial charge in [0, 0.05) is 0 Å². The zero-order valence-corrected chi connectivity index (χ0v) is 8.17. The number of nitrogens with zero attached hydrogens (tertiary/aromatic N) is 3. The zero-order valence-electron chi connectivity index (χ0n) is 8.17. The minimum absolute atomic E-state index is 0.243. The maximum Gasteiger partial charge on any atom is 0.408 e. The van der Waals surface area contributed by atoms with Gasteiger partial charge in [-0.1, -0.05) is 17.3 Å². The van der Waals surface area contributed by atoms with Crippen LogP contribution in [0.4, 0.5) is 4.79 Å². The van der Waals surface area contributed by atoms with Gasteiger partial charge in [0.15, 0.2) is 0 Å². The van der Waals surface area contributed by atoms with Gasteiger partial charge in [-0.2, -0.15) is 0 Å². The predicted octanol–water partition coefficient (Wildman–Crippen LogP) is 0.745. The molecule has 1 heterocycles. The molecule has 2 rings (SSSR count). The van der Waals surface area contributed by atoms with Crippen molar-refractivity contribution in [2.75, 3.05) is 7.11 Å². The van der Waals surface area contributed by atoms with Crippen molar-refractivity contribution in [3.8, 4) is 0 Å². The number of benzene rings is 1. The second-order valence-electron chi connectivity index (χ2n) is 2.90. The van der Waals surface area contributed by atoms with E-state index in [-0.39, 0.29) is 6.67 Å². The minimum Gasteiger partial charge on any atom is -0.453 e. The second kappa shape index (κ2) is 3.95. The first-order chi connectivity index (χ1) is 7.31. The largest absolute Gasteiger partial charge is 0.453 e. The molecule has 0 spiro atoms. The van der Waals surface area contributed by atoms with E-state index in [0.717, 1.165) is 11.0 Å². The van der Waals surface area contributed by atoms with Crippen molar-refractivity contribution in [3.63, 3.8) is 0 Å². The summed E-state index contributed by atoms with van der Waals surface area (Å²) in [4.78, 5) is 10.8. The topological polar surface area (TPSA) is 69.0 Å². The van der Waals surface area contributed by atoms with E-state index in [0.29, 0.717) is 0 Å². The Kier molecular flexibility index (Phi) is 2.49. The molecule has 0 aliphatic heterocycles. The SMILES string of the molecule is COC(=O)NCn1nnc2ccccc21. The highest BCUT2D eigenvalue weighted by Crippen LogP contribution is 2.08. The van der Waals surface area contributed by atoms with E-state index in [9.17, 15) is 4.79 Å². The molecule has 0 fully saturated rings. The van der Waals surface area contributed by atoms with E-state index in [4.69, 9.17) is 0 Å². The van der Waals surface area contributed by atoms with Crippen molar-refractivity contribution in [1.29, 1.82) is 0 Å². The Labute approximate surface area is 85.8 Å². The molecule has 15 heavy (non-hydrogen) atoms. The van der Waals surface area contributed by atoms with Crippen LogP contribution in [0.1, 0.15) is 0 Å². The number of ether oxygens (including phenoxy) is 1. The monoisotopic (exact) mass is 206 g/mol. The second-order valence-corrected chi connectivity index (χ2v) is 2.90. The van der Waals surface area contributed by atoms with E-state index in [2.05, 4.69) is 20.4 Å².